The van der Waals surface area contributed by atoms with Gasteiger partial charge in [0.25, 0.3) is 5.91 Å². The number of aromatic nitrogens is 2. The van der Waals surface area contributed by atoms with Crippen LogP contribution in [-0.2, 0) is 0 Å². The van der Waals surface area contributed by atoms with Gasteiger partial charge in [0.15, 0.2) is 5.65 Å². The zero-order valence-corrected chi connectivity index (χ0v) is 16.6. The van der Waals surface area contributed by atoms with Crippen LogP contribution in [-0.4, -0.2) is 41.8 Å². The highest BCUT2D eigenvalue weighted by atomic mass is 19.4. The molecule has 1 atom stereocenters. The van der Waals surface area contributed by atoms with Gasteiger partial charge >= 0.3 is 6.18 Å². The number of hydrogen-bond donors (Lipinski definition) is 1. The maximum absolute atomic E-state index is 14.5. The zero-order valence-electron chi connectivity index (χ0n) is 16.6. The van der Waals surface area contributed by atoms with Gasteiger partial charge in [-0.3, -0.25) is 14.2 Å². The van der Waals surface area contributed by atoms with Crippen molar-refractivity contribution < 1.29 is 26.7 Å². The molecule has 0 saturated heterocycles. The second-order valence-corrected chi connectivity index (χ2v) is 7.01. The maximum atomic E-state index is 14.5. The summed E-state index contributed by atoms with van der Waals surface area (Å²) in [5.41, 5.74) is -1.82. The molecule has 31 heavy (non-hydrogen) atoms. The summed E-state index contributed by atoms with van der Waals surface area (Å²) in [5.74, 6) is -2.77. The average molecular weight is 440 g/mol. The molecule has 1 aromatic carbocycles. The van der Waals surface area contributed by atoms with E-state index in [1.54, 1.807) is 24.3 Å². The fraction of sp³-hybridized carbons (Fsp3) is 0.250. The summed E-state index contributed by atoms with van der Waals surface area (Å²) < 4.78 is 67.4. The summed E-state index contributed by atoms with van der Waals surface area (Å²) in [4.78, 5) is 31.2. The lowest BCUT2D eigenvalue weighted by molar-refractivity contribution is -0.149. The Hall–Kier alpha value is -3.50. The van der Waals surface area contributed by atoms with E-state index >= 15 is 0 Å². The molecule has 0 bridgehead atoms. The number of carbonyl (C=O) groups excluding carboxylic acids is 1. The Kier molecular flexibility index (Phi) is 5.70. The van der Waals surface area contributed by atoms with Crippen LogP contribution < -0.4 is 15.6 Å². The number of alkyl halides is 3. The molecule has 3 rings (SSSR count). The first-order valence-corrected chi connectivity index (χ1v) is 8.97. The van der Waals surface area contributed by atoms with Crippen molar-refractivity contribution >= 4 is 22.8 Å². The molecule has 0 aliphatic rings. The second kappa shape index (κ2) is 7.97. The molecule has 11 heteroatoms. The number of nitrogens with one attached hydrogen (secondary N) is 1. The zero-order chi connectivity index (χ0) is 23.1. The summed E-state index contributed by atoms with van der Waals surface area (Å²) in [7, 11) is 3.35. The van der Waals surface area contributed by atoms with Crippen molar-refractivity contribution in [2.75, 3.05) is 19.0 Å². The average Bonchev–Trinajstić information content (AvgIpc) is 2.67. The van der Waals surface area contributed by atoms with Crippen LogP contribution in [0.4, 0.5) is 27.8 Å². The van der Waals surface area contributed by atoms with Crippen LogP contribution >= 0.6 is 0 Å². The number of carbonyl (C=O) groups is 1. The number of fused-ring (bicyclic) bond motifs is 1. The Morgan fingerprint density at radius 3 is 2.42 bits per heavy atom. The van der Waals surface area contributed by atoms with E-state index in [0.29, 0.717) is 11.9 Å². The minimum Gasteiger partial charge on any atom is -0.363 e. The van der Waals surface area contributed by atoms with Crippen molar-refractivity contribution in [2.24, 2.45) is 0 Å². The van der Waals surface area contributed by atoms with E-state index in [1.807, 2.05) is 0 Å². The smallest absolute Gasteiger partial charge is 0.363 e. The molecule has 1 amide bonds. The normalized spacial score (nSPS) is 12.6. The summed E-state index contributed by atoms with van der Waals surface area (Å²) in [6.07, 6.45) is -3.83. The van der Waals surface area contributed by atoms with Crippen LogP contribution in [0.2, 0.25) is 0 Å². The molecule has 0 aliphatic carbocycles. The molecule has 1 N–H and O–H groups in total. The van der Waals surface area contributed by atoms with E-state index in [-0.39, 0.29) is 16.7 Å². The van der Waals surface area contributed by atoms with Gasteiger partial charge in [0, 0.05) is 26.4 Å². The largest absolute Gasteiger partial charge is 0.408 e. The third kappa shape index (κ3) is 4.35. The van der Waals surface area contributed by atoms with Crippen LogP contribution in [0, 0.1) is 11.6 Å². The molecule has 0 fully saturated rings. The molecule has 0 spiro atoms. The van der Waals surface area contributed by atoms with Crippen molar-refractivity contribution in [3.8, 4) is 5.69 Å². The number of anilines is 1. The quantitative estimate of drug-likeness (QED) is 0.632. The lowest BCUT2D eigenvalue weighted by Gasteiger charge is -2.19. The van der Waals surface area contributed by atoms with Crippen LogP contribution in [0.15, 0.2) is 41.3 Å². The minimum atomic E-state index is -4.73. The Bertz CT molecular complexity index is 1220. The van der Waals surface area contributed by atoms with Gasteiger partial charge in [-0.1, -0.05) is 0 Å². The van der Waals surface area contributed by atoms with Gasteiger partial charge in [0.2, 0.25) is 5.43 Å². The molecular formula is C20H17F5N4O2. The monoisotopic (exact) mass is 440 g/mol. The molecule has 0 radical (unpaired) electrons. The van der Waals surface area contributed by atoms with E-state index in [2.05, 4.69) is 4.98 Å². The molecule has 164 valence electrons. The number of benzene rings is 1. The first-order chi connectivity index (χ1) is 14.4. The van der Waals surface area contributed by atoms with Gasteiger partial charge in [-0.15, -0.1) is 0 Å². The van der Waals surface area contributed by atoms with Gasteiger partial charge in [-0.2, -0.15) is 13.2 Å². The predicted molar refractivity (Wildman–Crippen MR) is 105 cm³/mol. The van der Waals surface area contributed by atoms with E-state index in [1.165, 1.54) is 12.1 Å². The van der Waals surface area contributed by atoms with Crippen molar-refractivity contribution in [1.29, 1.82) is 0 Å². The van der Waals surface area contributed by atoms with Gasteiger partial charge < -0.3 is 10.2 Å². The van der Waals surface area contributed by atoms with E-state index in [0.717, 1.165) is 29.8 Å². The third-order valence-corrected chi connectivity index (χ3v) is 4.55. The van der Waals surface area contributed by atoms with Crippen molar-refractivity contribution in [1.82, 2.24) is 14.9 Å². The number of halogens is 5. The third-order valence-electron chi connectivity index (χ3n) is 4.55. The van der Waals surface area contributed by atoms with Crippen LogP contribution in [0.3, 0.4) is 0 Å². The standard InChI is InChI=1S/C20H17F5N4O2/c1-10(20(23,24)25)26-19(31)13-9-29(15-6-4-11(21)8-14(15)22)18-12(17(13)30)5-7-16(27-18)28(2)3/h4-10H,1-3H3,(H,26,31). The first kappa shape index (κ1) is 22.2. The molecule has 1 unspecified atom stereocenters. The van der Waals surface area contributed by atoms with Crippen molar-refractivity contribution in [2.45, 2.75) is 19.1 Å². The van der Waals surface area contributed by atoms with Gasteiger partial charge in [-0.25, -0.2) is 13.8 Å². The Balaban J connectivity index is 2.28. The fourth-order valence-electron chi connectivity index (χ4n) is 2.82. The Morgan fingerprint density at radius 1 is 1.16 bits per heavy atom. The first-order valence-electron chi connectivity index (χ1n) is 8.97. The highest BCUT2D eigenvalue weighted by molar-refractivity contribution is 5.97. The minimum absolute atomic E-state index is 0.0536. The van der Waals surface area contributed by atoms with Crippen molar-refractivity contribution in [3.05, 3.63) is 63.9 Å². The second-order valence-electron chi connectivity index (χ2n) is 7.01. The fourth-order valence-corrected chi connectivity index (χ4v) is 2.82. The highest BCUT2D eigenvalue weighted by Gasteiger charge is 2.37. The summed E-state index contributed by atoms with van der Waals surface area (Å²) >= 11 is 0. The summed E-state index contributed by atoms with van der Waals surface area (Å²) in [6.45, 7) is 0.724. The molecule has 2 heterocycles. The predicted octanol–water partition coefficient (Wildman–Crippen LogP) is 3.41. The number of amides is 1. The molecular weight excluding hydrogens is 423 g/mol. The van der Waals surface area contributed by atoms with Crippen molar-refractivity contribution in [3.63, 3.8) is 0 Å². The SMILES string of the molecule is CC(NC(=O)c1cn(-c2ccc(F)cc2F)c2nc(N(C)C)ccc2c1=O)C(F)(F)F. The number of hydrogen-bond acceptors (Lipinski definition) is 4. The Labute approximate surface area is 172 Å². The van der Waals surface area contributed by atoms with Crippen LogP contribution in [0.5, 0.6) is 0 Å². The van der Waals surface area contributed by atoms with Crippen LogP contribution in [0.25, 0.3) is 16.7 Å². The van der Waals surface area contributed by atoms with E-state index in [4.69, 9.17) is 0 Å². The van der Waals surface area contributed by atoms with E-state index < -0.39 is 40.8 Å². The van der Waals surface area contributed by atoms with Gasteiger partial charge in [0.05, 0.1) is 11.1 Å². The molecule has 0 aliphatic heterocycles. The number of pyridine rings is 2. The topological polar surface area (TPSA) is 67.2 Å². The molecule has 0 saturated carbocycles. The summed E-state index contributed by atoms with van der Waals surface area (Å²) in [5, 5.41) is 1.59. The van der Waals surface area contributed by atoms with Crippen LogP contribution in [0.1, 0.15) is 17.3 Å². The summed E-state index contributed by atoms with van der Waals surface area (Å²) in [6, 6.07) is 3.21. The van der Waals surface area contributed by atoms with Gasteiger partial charge in [-0.05, 0) is 31.2 Å². The lowest BCUT2D eigenvalue weighted by Crippen LogP contribution is -2.44. The highest BCUT2D eigenvalue weighted by Crippen LogP contribution is 2.23. The molecule has 2 aromatic heterocycles. The Morgan fingerprint density at radius 2 is 1.84 bits per heavy atom. The molecule has 6 nitrogen and oxygen atoms in total. The van der Waals surface area contributed by atoms with E-state index in [9.17, 15) is 31.5 Å². The number of rotatable bonds is 4. The molecule has 3 aromatic rings. The number of nitrogens with zero attached hydrogens (tertiary/aromatic N) is 3. The lowest BCUT2D eigenvalue weighted by atomic mass is 10.1. The maximum Gasteiger partial charge on any atom is 0.408 e. The van der Waals surface area contributed by atoms with Gasteiger partial charge in [0.1, 0.15) is 29.1 Å².